The number of benzene rings is 2. The van der Waals surface area contributed by atoms with Gasteiger partial charge in [-0.15, -0.1) is 0 Å². The number of para-hydroxylation sites is 1. The molecular weight excluding hydrogens is 296 g/mol. The number of rotatable bonds is 3. The fourth-order valence-corrected chi connectivity index (χ4v) is 4.10. The number of hydrogen-bond donors (Lipinski definition) is 0. The number of carbonyl (C=O) groups is 1. The third kappa shape index (κ3) is 3.09. The van der Waals surface area contributed by atoms with Crippen LogP contribution in [-0.4, -0.2) is 30.4 Å². The zero-order valence-corrected chi connectivity index (χ0v) is 14.0. The monoisotopic (exact) mass is 320 g/mol. The summed E-state index contributed by atoms with van der Waals surface area (Å²) in [6.45, 7) is 4.08. The van der Waals surface area contributed by atoms with Crippen molar-refractivity contribution >= 4 is 11.6 Å². The van der Waals surface area contributed by atoms with Gasteiger partial charge in [-0.25, -0.2) is 0 Å². The SMILES string of the molecule is O=C1CC2(CCN(Cc3ccccc3)CC2)CN1c1ccccc1. The van der Waals surface area contributed by atoms with Crippen molar-refractivity contribution in [2.75, 3.05) is 24.5 Å². The molecule has 2 saturated heterocycles. The lowest BCUT2D eigenvalue weighted by Gasteiger charge is -2.38. The molecule has 2 heterocycles. The van der Waals surface area contributed by atoms with Crippen molar-refractivity contribution in [2.45, 2.75) is 25.8 Å². The average molecular weight is 320 g/mol. The Balaban J connectivity index is 1.39. The van der Waals surface area contributed by atoms with Crippen LogP contribution in [0.3, 0.4) is 0 Å². The quantitative estimate of drug-likeness (QED) is 0.861. The van der Waals surface area contributed by atoms with Crippen LogP contribution in [0.15, 0.2) is 60.7 Å². The van der Waals surface area contributed by atoms with Crippen molar-refractivity contribution in [2.24, 2.45) is 5.41 Å². The van der Waals surface area contributed by atoms with Gasteiger partial charge in [-0.2, -0.15) is 0 Å². The second-order valence-corrected chi connectivity index (χ2v) is 7.25. The molecule has 0 aliphatic carbocycles. The Morgan fingerprint density at radius 1 is 0.875 bits per heavy atom. The predicted molar refractivity (Wildman–Crippen MR) is 96.8 cm³/mol. The van der Waals surface area contributed by atoms with Gasteiger partial charge in [0, 0.05) is 25.2 Å². The second-order valence-electron chi connectivity index (χ2n) is 7.25. The van der Waals surface area contributed by atoms with Crippen molar-refractivity contribution in [3.63, 3.8) is 0 Å². The third-order valence-electron chi connectivity index (χ3n) is 5.55. The first-order valence-corrected chi connectivity index (χ1v) is 8.86. The lowest BCUT2D eigenvalue weighted by molar-refractivity contribution is -0.118. The van der Waals surface area contributed by atoms with Crippen LogP contribution in [0.4, 0.5) is 5.69 Å². The number of likely N-dealkylation sites (tertiary alicyclic amines) is 1. The van der Waals surface area contributed by atoms with Crippen LogP contribution >= 0.6 is 0 Å². The smallest absolute Gasteiger partial charge is 0.227 e. The first-order chi connectivity index (χ1) is 11.7. The Morgan fingerprint density at radius 3 is 2.17 bits per heavy atom. The molecule has 0 N–H and O–H groups in total. The highest BCUT2D eigenvalue weighted by atomic mass is 16.2. The van der Waals surface area contributed by atoms with E-state index in [0.717, 1.165) is 44.7 Å². The van der Waals surface area contributed by atoms with Gasteiger partial charge < -0.3 is 4.90 Å². The minimum Gasteiger partial charge on any atom is -0.312 e. The molecule has 3 nitrogen and oxygen atoms in total. The molecule has 2 aliphatic rings. The molecule has 1 spiro atoms. The number of nitrogens with zero attached hydrogens (tertiary/aromatic N) is 2. The van der Waals surface area contributed by atoms with E-state index in [2.05, 4.69) is 35.2 Å². The maximum Gasteiger partial charge on any atom is 0.227 e. The highest BCUT2D eigenvalue weighted by molar-refractivity contribution is 5.96. The molecule has 3 heteroatoms. The number of hydrogen-bond acceptors (Lipinski definition) is 2. The van der Waals surface area contributed by atoms with Crippen LogP contribution in [0.5, 0.6) is 0 Å². The minimum absolute atomic E-state index is 0.181. The van der Waals surface area contributed by atoms with Crippen LogP contribution < -0.4 is 4.90 Å². The number of carbonyl (C=O) groups excluding carboxylic acids is 1. The summed E-state index contributed by atoms with van der Waals surface area (Å²) in [4.78, 5) is 17.0. The van der Waals surface area contributed by atoms with Crippen molar-refractivity contribution in [1.82, 2.24) is 4.90 Å². The van der Waals surface area contributed by atoms with Crippen molar-refractivity contribution in [3.8, 4) is 0 Å². The first kappa shape index (κ1) is 15.4. The van der Waals surface area contributed by atoms with Crippen LogP contribution in [0.25, 0.3) is 0 Å². The molecule has 0 saturated carbocycles. The highest BCUT2D eigenvalue weighted by Gasteiger charge is 2.45. The second kappa shape index (κ2) is 6.40. The van der Waals surface area contributed by atoms with Gasteiger partial charge in [0.15, 0.2) is 0 Å². The Hall–Kier alpha value is -2.13. The fourth-order valence-electron chi connectivity index (χ4n) is 4.10. The van der Waals surface area contributed by atoms with Gasteiger partial charge in [0.25, 0.3) is 0 Å². The van der Waals surface area contributed by atoms with Crippen LogP contribution in [0.2, 0.25) is 0 Å². The lowest BCUT2D eigenvalue weighted by Crippen LogP contribution is -2.41. The molecule has 1 amide bonds. The summed E-state index contributed by atoms with van der Waals surface area (Å²) in [5.74, 6) is 0.290. The summed E-state index contributed by atoms with van der Waals surface area (Å²) in [5.41, 5.74) is 2.60. The van der Waals surface area contributed by atoms with E-state index in [9.17, 15) is 4.79 Å². The molecule has 124 valence electrons. The Kier molecular flexibility index (Phi) is 4.11. The van der Waals surface area contributed by atoms with Crippen molar-refractivity contribution in [1.29, 1.82) is 0 Å². The van der Waals surface area contributed by atoms with Crippen molar-refractivity contribution in [3.05, 3.63) is 66.2 Å². The van der Waals surface area contributed by atoms with Crippen LogP contribution in [0.1, 0.15) is 24.8 Å². The van der Waals surface area contributed by atoms with Gasteiger partial charge >= 0.3 is 0 Å². The summed E-state index contributed by atoms with van der Waals surface area (Å²) in [7, 11) is 0. The van der Waals surface area contributed by atoms with E-state index in [1.165, 1.54) is 5.56 Å². The molecule has 2 aromatic rings. The van der Waals surface area contributed by atoms with Crippen molar-refractivity contribution < 1.29 is 4.79 Å². The number of amides is 1. The molecule has 0 aromatic heterocycles. The molecule has 0 unspecified atom stereocenters. The summed E-state index contributed by atoms with van der Waals surface area (Å²) in [5, 5.41) is 0. The molecule has 24 heavy (non-hydrogen) atoms. The minimum atomic E-state index is 0.181. The molecule has 0 radical (unpaired) electrons. The highest BCUT2D eigenvalue weighted by Crippen LogP contribution is 2.42. The Bertz CT molecular complexity index is 690. The van der Waals surface area contributed by atoms with Gasteiger partial charge in [0.1, 0.15) is 0 Å². The largest absolute Gasteiger partial charge is 0.312 e. The van der Waals surface area contributed by atoms with E-state index < -0.39 is 0 Å². The average Bonchev–Trinajstić information content (AvgIpc) is 2.95. The van der Waals surface area contributed by atoms with Gasteiger partial charge in [-0.1, -0.05) is 48.5 Å². The Labute approximate surface area is 143 Å². The van der Waals surface area contributed by atoms with Crippen LogP contribution in [-0.2, 0) is 11.3 Å². The lowest BCUT2D eigenvalue weighted by atomic mass is 9.77. The summed E-state index contributed by atoms with van der Waals surface area (Å²) < 4.78 is 0. The maximum atomic E-state index is 12.5. The van der Waals surface area contributed by atoms with E-state index in [-0.39, 0.29) is 11.3 Å². The summed E-state index contributed by atoms with van der Waals surface area (Å²) in [6, 6.07) is 20.8. The predicted octanol–water partition coefficient (Wildman–Crippen LogP) is 3.71. The molecule has 2 fully saturated rings. The zero-order valence-electron chi connectivity index (χ0n) is 14.0. The van der Waals surface area contributed by atoms with E-state index >= 15 is 0 Å². The Morgan fingerprint density at radius 2 is 1.50 bits per heavy atom. The fraction of sp³-hybridized carbons (Fsp3) is 0.381. The molecule has 2 aliphatic heterocycles. The third-order valence-corrected chi connectivity index (χ3v) is 5.55. The van der Waals surface area contributed by atoms with Gasteiger partial charge in [-0.3, -0.25) is 9.69 Å². The van der Waals surface area contributed by atoms with Gasteiger partial charge in [0.05, 0.1) is 0 Å². The molecular formula is C21H24N2O. The van der Waals surface area contributed by atoms with Gasteiger partial charge in [0.2, 0.25) is 5.91 Å². The van der Waals surface area contributed by atoms with E-state index in [1.807, 2.05) is 35.2 Å². The molecule has 0 atom stereocenters. The zero-order chi connectivity index (χ0) is 16.4. The normalized spacial score (nSPS) is 20.7. The summed E-state index contributed by atoms with van der Waals surface area (Å²) in [6.07, 6.45) is 2.95. The first-order valence-electron chi connectivity index (χ1n) is 8.86. The molecule has 0 bridgehead atoms. The topological polar surface area (TPSA) is 23.6 Å². The van der Waals surface area contributed by atoms with E-state index in [1.54, 1.807) is 0 Å². The standard InChI is InChI=1S/C21H24N2O/c24-20-15-21(17-23(20)19-9-5-2-6-10-19)11-13-22(14-12-21)16-18-7-3-1-4-8-18/h1-10H,11-17H2. The van der Waals surface area contributed by atoms with Crippen LogP contribution in [0, 0.1) is 5.41 Å². The van der Waals surface area contributed by atoms with Gasteiger partial charge in [-0.05, 0) is 49.0 Å². The number of anilines is 1. The van der Waals surface area contributed by atoms with E-state index in [0.29, 0.717) is 6.42 Å². The number of piperidine rings is 1. The summed E-state index contributed by atoms with van der Waals surface area (Å²) >= 11 is 0. The van der Waals surface area contributed by atoms with E-state index in [4.69, 9.17) is 0 Å². The molecule has 2 aromatic carbocycles. The maximum absolute atomic E-state index is 12.5. The molecule has 4 rings (SSSR count).